The summed E-state index contributed by atoms with van der Waals surface area (Å²) in [5.74, 6) is -1.98. The standard InChI is InChI=1S/C16H18O3/c1-10-3-6-12(7-4-10)15(17)13-8-5-11(2)9-14(13)16(18)19/h3-7,13-14H,8-9H2,1-2H3,(H,18,19)/t13-,14-/m0/s1. The monoisotopic (exact) mass is 258 g/mol. The van der Waals surface area contributed by atoms with E-state index in [1.54, 1.807) is 12.1 Å². The molecule has 1 aliphatic carbocycles. The molecule has 0 amide bonds. The normalized spacial score (nSPS) is 22.7. The Morgan fingerprint density at radius 3 is 2.32 bits per heavy atom. The topological polar surface area (TPSA) is 54.4 Å². The van der Waals surface area contributed by atoms with E-state index >= 15 is 0 Å². The number of carbonyl (C=O) groups is 2. The molecule has 1 aliphatic rings. The van der Waals surface area contributed by atoms with E-state index in [-0.39, 0.29) is 5.78 Å². The first-order valence-corrected chi connectivity index (χ1v) is 6.48. The third-order valence-electron chi connectivity index (χ3n) is 3.74. The average Bonchev–Trinajstić information content (AvgIpc) is 2.38. The van der Waals surface area contributed by atoms with Gasteiger partial charge in [0.15, 0.2) is 5.78 Å². The maximum atomic E-state index is 12.4. The molecular weight excluding hydrogens is 240 g/mol. The van der Waals surface area contributed by atoms with Gasteiger partial charge in [0, 0.05) is 11.5 Å². The lowest BCUT2D eigenvalue weighted by molar-refractivity contribution is -0.143. The molecule has 1 aromatic carbocycles. The molecule has 19 heavy (non-hydrogen) atoms. The molecule has 2 atom stereocenters. The van der Waals surface area contributed by atoms with E-state index in [9.17, 15) is 14.7 Å². The molecule has 0 bridgehead atoms. The maximum absolute atomic E-state index is 12.4. The van der Waals surface area contributed by atoms with Gasteiger partial charge in [-0.25, -0.2) is 0 Å². The van der Waals surface area contributed by atoms with Gasteiger partial charge >= 0.3 is 5.97 Å². The summed E-state index contributed by atoms with van der Waals surface area (Å²) in [5.41, 5.74) is 2.75. The van der Waals surface area contributed by atoms with Gasteiger partial charge in [0.1, 0.15) is 0 Å². The number of hydrogen-bond donors (Lipinski definition) is 1. The smallest absolute Gasteiger partial charge is 0.307 e. The highest BCUT2D eigenvalue weighted by Crippen LogP contribution is 2.32. The third-order valence-corrected chi connectivity index (χ3v) is 3.74. The third kappa shape index (κ3) is 2.92. The minimum atomic E-state index is -0.877. The molecular formula is C16H18O3. The lowest BCUT2D eigenvalue weighted by Crippen LogP contribution is -2.32. The molecule has 0 fully saturated rings. The van der Waals surface area contributed by atoms with E-state index in [4.69, 9.17) is 0 Å². The highest BCUT2D eigenvalue weighted by molar-refractivity contribution is 6.00. The van der Waals surface area contributed by atoms with Gasteiger partial charge in [0.25, 0.3) is 0 Å². The number of hydrogen-bond acceptors (Lipinski definition) is 2. The van der Waals surface area contributed by atoms with Gasteiger partial charge in [-0.3, -0.25) is 9.59 Å². The van der Waals surface area contributed by atoms with Crippen molar-refractivity contribution in [2.24, 2.45) is 11.8 Å². The van der Waals surface area contributed by atoms with Crippen molar-refractivity contribution in [3.63, 3.8) is 0 Å². The van der Waals surface area contributed by atoms with Crippen molar-refractivity contribution in [3.8, 4) is 0 Å². The van der Waals surface area contributed by atoms with E-state index in [0.717, 1.165) is 11.1 Å². The minimum absolute atomic E-state index is 0.0591. The van der Waals surface area contributed by atoms with E-state index in [1.165, 1.54) is 0 Å². The quantitative estimate of drug-likeness (QED) is 0.669. The van der Waals surface area contributed by atoms with Gasteiger partial charge in [-0.05, 0) is 26.7 Å². The minimum Gasteiger partial charge on any atom is -0.481 e. The predicted molar refractivity (Wildman–Crippen MR) is 73.1 cm³/mol. The first-order chi connectivity index (χ1) is 8.99. The Morgan fingerprint density at radius 2 is 1.74 bits per heavy atom. The Hall–Kier alpha value is -1.90. The molecule has 3 heteroatoms. The van der Waals surface area contributed by atoms with E-state index in [1.807, 2.05) is 32.1 Å². The summed E-state index contributed by atoms with van der Waals surface area (Å²) < 4.78 is 0. The van der Waals surface area contributed by atoms with Crippen molar-refractivity contribution in [1.82, 2.24) is 0 Å². The maximum Gasteiger partial charge on any atom is 0.307 e. The van der Waals surface area contributed by atoms with Gasteiger partial charge in [-0.15, -0.1) is 0 Å². The van der Waals surface area contributed by atoms with Crippen LogP contribution in [-0.2, 0) is 4.79 Å². The van der Waals surface area contributed by atoms with Crippen LogP contribution in [0.4, 0.5) is 0 Å². The summed E-state index contributed by atoms with van der Waals surface area (Å²) >= 11 is 0. The van der Waals surface area contributed by atoms with Crippen LogP contribution in [0.5, 0.6) is 0 Å². The van der Waals surface area contributed by atoms with Gasteiger partial charge in [0.2, 0.25) is 0 Å². The number of carboxylic acids is 1. The molecule has 1 aromatic rings. The Bertz CT molecular complexity index is 525. The first-order valence-electron chi connectivity index (χ1n) is 6.48. The molecule has 1 N–H and O–H groups in total. The Morgan fingerprint density at radius 1 is 1.11 bits per heavy atom. The molecule has 0 aliphatic heterocycles. The van der Waals surface area contributed by atoms with Crippen LogP contribution in [0.1, 0.15) is 35.7 Å². The largest absolute Gasteiger partial charge is 0.481 e. The molecule has 0 radical (unpaired) electrons. The number of ketones is 1. The van der Waals surface area contributed by atoms with Gasteiger partial charge < -0.3 is 5.11 Å². The highest BCUT2D eigenvalue weighted by Gasteiger charge is 2.35. The van der Waals surface area contributed by atoms with Crippen molar-refractivity contribution in [2.75, 3.05) is 0 Å². The van der Waals surface area contributed by atoms with E-state index in [0.29, 0.717) is 18.4 Å². The molecule has 100 valence electrons. The van der Waals surface area contributed by atoms with Gasteiger partial charge in [0.05, 0.1) is 5.92 Å². The molecule has 0 saturated carbocycles. The van der Waals surface area contributed by atoms with Crippen LogP contribution in [0.3, 0.4) is 0 Å². The summed E-state index contributed by atoms with van der Waals surface area (Å²) in [6.45, 7) is 3.88. The molecule has 2 rings (SSSR count). The molecule has 0 saturated heterocycles. The fourth-order valence-electron chi connectivity index (χ4n) is 2.55. The second-order valence-electron chi connectivity index (χ2n) is 5.27. The Labute approximate surface area is 113 Å². The lowest BCUT2D eigenvalue weighted by atomic mass is 9.76. The van der Waals surface area contributed by atoms with Crippen LogP contribution in [0.25, 0.3) is 0 Å². The Kier molecular flexibility index (Phi) is 3.84. The number of Topliss-reactive ketones (excluding diaryl/α,β-unsaturated/α-hetero) is 1. The predicted octanol–water partition coefficient (Wildman–Crippen LogP) is 3.23. The summed E-state index contributed by atoms with van der Waals surface area (Å²) in [5, 5.41) is 9.29. The number of benzene rings is 1. The summed E-state index contributed by atoms with van der Waals surface area (Å²) in [6, 6.07) is 7.32. The van der Waals surface area contributed by atoms with E-state index in [2.05, 4.69) is 0 Å². The number of aliphatic carboxylic acids is 1. The van der Waals surface area contributed by atoms with Crippen molar-refractivity contribution in [3.05, 3.63) is 47.0 Å². The summed E-state index contributed by atoms with van der Waals surface area (Å²) in [4.78, 5) is 23.8. The van der Waals surface area contributed by atoms with Crippen LogP contribution in [0.15, 0.2) is 35.9 Å². The fourth-order valence-corrected chi connectivity index (χ4v) is 2.55. The molecule has 0 unspecified atom stereocenters. The fraction of sp³-hybridized carbons (Fsp3) is 0.375. The number of allylic oxidation sites excluding steroid dienone is 2. The zero-order chi connectivity index (χ0) is 14.0. The van der Waals surface area contributed by atoms with Gasteiger partial charge in [-0.2, -0.15) is 0 Å². The van der Waals surface area contributed by atoms with Crippen LogP contribution in [-0.4, -0.2) is 16.9 Å². The van der Waals surface area contributed by atoms with Crippen molar-refractivity contribution in [2.45, 2.75) is 26.7 Å². The number of rotatable bonds is 3. The number of aryl methyl sites for hydroxylation is 1. The average molecular weight is 258 g/mol. The zero-order valence-corrected chi connectivity index (χ0v) is 11.2. The molecule has 0 heterocycles. The number of carboxylic acid groups (broad SMARTS) is 1. The lowest BCUT2D eigenvalue weighted by Gasteiger charge is -2.26. The zero-order valence-electron chi connectivity index (χ0n) is 11.2. The molecule has 0 spiro atoms. The summed E-state index contributed by atoms with van der Waals surface area (Å²) in [6.07, 6.45) is 2.98. The van der Waals surface area contributed by atoms with Crippen molar-refractivity contribution < 1.29 is 14.7 Å². The summed E-state index contributed by atoms with van der Waals surface area (Å²) in [7, 11) is 0. The highest BCUT2D eigenvalue weighted by atomic mass is 16.4. The van der Waals surface area contributed by atoms with Crippen LogP contribution in [0, 0.1) is 18.8 Å². The van der Waals surface area contributed by atoms with Gasteiger partial charge in [-0.1, -0.05) is 41.5 Å². The number of carbonyl (C=O) groups excluding carboxylic acids is 1. The molecule has 3 nitrogen and oxygen atoms in total. The van der Waals surface area contributed by atoms with Crippen molar-refractivity contribution in [1.29, 1.82) is 0 Å². The first kappa shape index (κ1) is 13.5. The Balaban J connectivity index is 2.26. The molecule has 0 aromatic heterocycles. The van der Waals surface area contributed by atoms with Crippen molar-refractivity contribution >= 4 is 11.8 Å². The van der Waals surface area contributed by atoms with Crippen LogP contribution >= 0.6 is 0 Å². The van der Waals surface area contributed by atoms with Crippen LogP contribution < -0.4 is 0 Å². The second-order valence-corrected chi connectivity index (χ2v) is 5.27. The second kappa shape index (κ2) is 5.39. The SMILES string of the molecule is CC1=CC[C@H](C(=O)c2ccc(C)cc2)[C@@H](C(=O)O)C1. The van der Waals surface area contributed by atoms with E-state index < -0.39 is 17.8 Å². The van der Waals surface area contributed by atoms with Crippen LogP contribution in [0.2, 0.25) is 0 Å².